The molecule has 2 aromatic carbocycles. The highest BCUT2D eigenvalue weighted by Gasteiger charge is 2.43. The van der Waals surface area contributed by atoms with Gasteiger partial charge < -0.3 is 9.80 Å². The average Bonchev–Trinajstić information content (AvgIpc) is 3.44. The number of halogens is 3. The molecule has 10 heteroatoms. The highest BCUT2D eigenvalue weighted by molar-refractivity contribution is 6.00. The molecule has 0 spiro atoms. The number of hydrogen-bond acceptors (Lipinski definition) is 6. The Balaban J connectivity index is 1.20. The molecule has 35 heavy (non-hydrogen) atoms. The van der Waals surface area contributed by atoms with Gasteiger partial charge >= 0.3 is 0 Å². The fraction of sp³-hybridized carbons (Fsp3) is 0.240. The third-order valence-electron chi connectivity index (χ3n) is 6.70. The summed E-state index contributed by atoms with van der Waals surface area (Å²) in [5, 5.41) is 0.428. The van der Waals surface area contributed by atoms with Gasteiger partial charge in [-0.3, -0.25) is 4.79 Å². The molecule has 0 aliphatic carbocycles. The third kappa shape index (κ3) is 3.74. The van der Waals surface area contributed by atoms with E-state index in [2.05, 4.69) is 19.9 Å². The Kier molecular flexibility index (Phi) is 5.09. The summed E-state index contributed by atoms with van der Waals surface area (Å²) in [5.41, 5.74) is 0.676. The highest BCUT2D eigenvalue weighted by atomic mass is 19.2. The summed E-state index contributed by atoms with van der Waals surface area (Å²) in [4.78, 5) is 34.1. The summed E-state index contributed by atoms with van der Waals surface area (Å²) in [6.07, 6.45) is 4.51. The van der Waals surface area contributed by atoms with Gasteiger partial charge in [0, 0.05) is 68.1 Å². The average molecular weight is 476 g/mol. The van der Waals surface area contributed by atoms with Crippen LogP contribution in [-0.2, 0) is 0 Å². The van der Waals surface area contributed by atoms with Crippen molar-refractivity contribution in [2.75, 3.05) is 31.1 Å². The lowest BCUT2D eigenvalue weighted by atomic mass is 10.0. The van der Waals surface area contributed by atoms with Gasteiger partial charge in [-0.1, -0.05) is 6.07 Å². The quantitative estimate of drug-likeness (QED) is 0.449. The number of carbonyl (C=O) groups excluding carboxylic acids is 1. The van der Waals surface area contributed by atoms with Gasteiger partial charge in [0.1, 0.15) is 5.82 Å². The van der Waals surface area contributed by atoms with Crippen molar-refractivity contribution >= 4 is 22.8 Å². The van der Waals surface area contributed by atoms with Crippen LogP contribution in [0.3, 0.4) is 0 Å². The van der Waals surface area contributed by atoms with Gasteiger partial charge in [0.25, 0.3) is 5.91 Å². The van der Waals surface area contributed by atoms with Crippen molar-refractivity contribution in [2.24, 2.45) is 11.8 Å². The molecule has 2 saturated heterocycles. The SMILES string of the molecule is O=C(c1cccc(F)c1-c1ncccn1)N1CC2CN(c3ncc4cc(F)c(F)cc4n3)CC2C1. The lowest BCUT2D eigenvalue weighted by molar-refractivity contribution is 0.0783. The van der Waals surface area contributed by atoms with E-state index in [4.69, 9.17) is 0 Å². The van der Waals surface area contributed by atoms with Crippen LogP contribution in [0.5, 0.6) is 0 Å². The first-order chi connectivity index (χ1) is 17.0. The number of rotatable bonds is 3. The van der Waals surface area contributed by atoms with Gasteiger partial charge in [0.05, 0.1) is 16.6 Å². The van der Waals surface area contributed by atoms with Crippen molar-refractivity contribution in [3.63, 3.8) is 0 Å². The third-order valence-corrected chi connectivity index (χ3v) is 6.70. The molecule has 2 unspecified atom stereocenters. The number of nitrogens with zero attached hydrogens (tertiary/aromatic N) is 6. The number of likely N-dealkylation sites (tertiary alicyclic amines) is 1. The zero-order valence-electron chi connectivity index (χ0n) is 18.4. The van der Waals surface area contributed by atoms with Crippen LogP contribution in [0.2, 0.25) is 0 Å². The topological polar surface area (TPSA) is 75.1 Å². The Bertz CT molecular complexity index is 1440. The normalized spacial score (nSPS) is 19.4. The maximum absolute atomic E-state index is 14.7. The molecule has 2 aromatic heterocycles. The molecular weight excluding hydrogens is 457 g/mol. The standard InChI is InChI=1S/C25H19F3N6O/c26-18-4-1-3-17(22(18)23-29-5-2-6-30-23)24(35)33-10-15-12-34(13-16(15)11-33)25-31-9-14-7-19(27)20(28)8-21(14)32-25/h1-9,15-16H,10-13H2. The molecule has 0 bridgehead atoms. The number of aromatic nitrogens is 4. The molecule has 1 amide bonds. The fourth-order valence-corrected chi connectivity index (χ4v) is 5.02. The maximum Gasteiger partial charge on any atom is 0.254 e. The summed E-state index contributed by atoms with van der Waals surface area (Å²) in [6.45, 7) is 2.28. The van der Waals surface area contributed by atoms with Crippen LogP contribution in [0.15, 0.2) is 55.0 Å². The number of amides is 1. The largest absolute Gasteiger partial charge is 0.340 e. The smallest absolute Gasteiger partial charge is 0.254 e. The van der Waals surface area contributed by atoms with E-state index < -0.39 is 17.5 Å². The number of hydrogen-bond donors (Lipinski definition) is 0. The molecule has 6 rings (SSSR count). The molecule has 176 valence electrons. The van der Waals surface area contributed by atoms with Crippen molar-refractivity contribution in [3.8, 4) is 11.4 Å². The van der Waals surface area contributed by atoms with Gasteiger partial charge in [-0.25, -0.2) is 33.1 Å². The minimum absolute atomic E-state index is 0.102. The highest BCUT2D eigenvalue weighted by Crippen LogP contribution is 2.35. The summed E-state index contributed by atoms with van der Waals surface area (Å²) in [6, 6.07) is 8.19. The monoisotopic (exact) mass is 476 g/mol. The Labute approximate surface area is 198 Å². The van der Waals surface area contributed by atoms with Crippen LogP contribution in [-0.4, -0.2) is 56.9 Å². The lowest BCUT2D eigenvalue weighted by Crippen LogP contribution is -2.34. The van der Waals surface area contributed by atoms with Crippen molar-refractivity contribution in [1.29, 1.82) is 0 Å². The van der Waals surface area contributed by atoms with E-state index in [0.717, 1.165) is 12.1 Å². The zero-order chi connectivity index (χ0) is 24.1. The lowest BCUT2D eigenvalue weighted by Gasteiger charge is -2.23. The van der Waals surface area contributed by atoms with E-state index in [-0.39, 0.29) is 34.7 Å². The first-order valence-corrected chi connectivity index (χ1v) is 11.2. The molecule has 7 nitrogen and oxygen atoms in total. The van der Waals surface area contributed by atoms with Crippen molar-refractivity contribution < 1.29 is 18.0 Å². The molecule has 4 heterocycles. The van der Waals surface area contributed by atoms with Crippen LogP contribution in [0.25, 0.3) is 22.3 Å². The van der Waals surface area contributed by atoms with Crippen LogP contribution in [0.4, 0.5) is 19.1 Å². The Hall–Kier alpha value is -4.08. The summed E-state index contributed by atoms with van der Waals surface area (Å²) in [5.74, 6) is -1.69. The number of benzene rings is 2. The molecule has 2 fully saturated rings. The van der Waals surface area contributed by atoms with Crippen molar-refractivity contribution in [1.82, 2.24) is 24.8 Å². The predicted octanol–water partition coefficient (Wildman–Crippen LogP) is 3.71. The first-order valence-electron chi connectivity index (χ1n) is 11.2. The van der Waals surface area contributed by atoms with Crippen molar-refractivity contribution in [2.45, 2.75) is 0 Å². The van der Waals surface area contributed by atoms with Gasteiger partial charge in [-0.15, -0.1) is 0 Å². The van der Waals surface area contributed by atoms with Crippen LogP contribution >= 0.6 is 0 Å². The second-order valence-corrected chi connectivity index (χ2v) is 8.87. The predicted molar refractivity (Wildman–Crippen MR) is 122 cm³/mol. The van der Waals surface area contributed by atoms with Gasteiger partial charge in [-0.2, -0.15) is 0 Å². The zero-order valence-corrected chi connectivity index (χ0v) is 18.4. The second-order valence-electron chi connectivity index (χ2n) is 8.87. The van der Waals surface area contributed by atoms with Gasteiger partial charge in [0.15, 0.2) is 17.5 Å². The maximum atomic E-state index is 14.7. The Morgan fingerprint density at radius 3 is 2.31 bits per heavy atom. The van der Waals surface area contributed by atoms with Gasteiger partial charge in [0.2, 0.25) is 5.95 Å². The summed E-state index contributed by atoms with van der Waals surface area (Å²) < 4.78 is 41.8. The number of anilines is 1. The molecule has 0 radical (unpaired) electrons. The van der Waals surface area contributed by atoms with Crippen LogP contribution in [0.1, 0.15) is 10.4 Å². The molecular formula is C25H19F3N6O. The number of carbonyl (C=O) groups is 1. The van der Waals surface area contributed by atoms with E-state index in [1.54, 1.807) is 17.0 Å². The second kappa shape index (κ2) is 8.30. The summed E-state index contributed by atoms with van der Waals surface area (Å²) in [7, 11) is 0. The van der Waals surface area contributed by atoms with E-state index in [0.29, 0.717) is 43.0 Å². The molecule has 2 aliphatic rings. The van der Waals surface area contributed by atoms with E-state index in [9.17, 15) is 18.0 Å². The van der Waals surface area contributed by atoms with E-state index in [1.807, 2.05) is 4.90 Å². The number of fused-ring (bicyclic) bond motifs is 2. The fourth-order valence-electron chi connectivity index (χ4n) is 5.02. The molecule has 2 aliphatic heterocycles. The summed E-state index contributed by atoms with van der Waals surface area (Å²) >= 11 is 0. The Morgan fingerprint density at radius 1 is 0.857 bits per heavy atom. The van der Waals surface area contributed by atoms with Gasteiger partial charge in [-0.05, 0) is 24.3 Å². The molecule has 0 N–H and O–H groups in total. The van der Waals surface area contributed by atoms with E-state index in [1.165, 1.54) is 30.7 Å². The van der Waals surface area contributed by atoms with Crippen LogP contribution in [0, 0.1) is 29.3 Å². The minimum atomic E-state index is -0.952. The molecule has 0 saturated carbocycles. The molecule has 4 aromatic rings. The Morgan fingerprint density at radius 2 is 1.57 bits per heavy atom. The molecule has 2 atom stereocenters. The van der Waals surface area contributed by atoms with E-state index >= 15 is 0 Å². The van der Waals surface area contributed by atoms with Crippen LogP contribution < -0.4 is 4.90 Å². The first kappa shape index (κ1) is 21.5. The minimum Gasteiger partial charge on any atom is -0.340 e. The van der Waals surface area contributed by atoms with Crippen molar-refractivity contribution in [3.05, 3.63) is 78.0 Å².